The molecule has 2 fully saturated rings. The molecular formula is C22H27N7O2. The van der Waals surface area contributed by atoms with Crippen molar-refractivity contribution in [2.45, 2.75) is 32.7 Å². The number of nitrogens with one attached hydrogen (secondary N) is 2. The minimum Gasteiger partial charge on any atom is -0.465 e. The monoisotopic (exact) mass is 421 g/mol. The molecule has 2 aliphatic rings. The van der Waals surface area contributed by atoms with Gasteiger partial charge in [0.05, 0.1) is 5.52 Å². The van der Waals surface area contributed by atoms with Crippen LogP contribution < -0.4 is 10.6 Å². The smallest absolute Gasteiger partial charge is 0.407 e. The Balaban J connectivity index is 1.28. The van der Waals surface area contributed by atoms with Crippen LogP contribution in [0.4, 0.5) is 22.2 Å². The molecule has 3 aromatic rings. The number of nitrogens with zero attached hydrogens (tertiary/aromatic N) is 5. The Morgan fingerprint density at radius 3 is 2.65 bits per heavy atom. The van der Waals surface area contributed by atoms with Gasteiger partial charge in [0.2, 0.25) is 5.95 Å². The predicted octanol–water partition coefficient (Wildman–Crippen LogP) is 3.52. The molecule has 1 saturated carbocycles. The van der Waals surface area contributed by atoms with Crippen molar-refractivity contribution in [2.24, 2.45) is 18.9 Å². The number of anilines is 3. The largest absolute Gasteiger partial charge is 0.465 e. The lowest BCUT2D eigenvalue weighted by molar-refractivity contribution is 0.152. The third-order valence-corrected chi connectivity index (χ3v) is 6.72. The molecule has 1 aliphatic heterocycles. The summed E-state index contributed by atoms with van der Waals surface area (Å²) in [6, 6.07) is 6.38. The van der Waals surface area contributed by atoms with Gasteiger partial charge in [-0.05, 0) is 56.7 Å². The molecule has 1 aromatic carbocycles. The van der Waals surface area contributed by atoms with Crippen LogP contribution >= 0.6 is 0 Å². The number of amides is 1. The Morgan fingerprint density at radius 2 is 1.94 bits per heavy atom. The summed E-state index contributed by atoms with van der Waals surface area (Å²) in [7, 11) is 1.94. The number of rotatable bonds is 4. The molecule has 9 heteroatoms. The summed E-state index contributed by atoms with van der Waals surface area (Å²) in [6.45, 7) is 5.34. The molecule has 9 nitrogen and oxygen atoms in total. The van der Waals surface area contributed by atoms with E-state index < -0.39 is 6.09 Å². The van der Waals surface area contributed by atoms with E-state index in [0.717, 1.165) is 46.5 Å². The van der Waals surface area contributed by atoms with Gasteiger partial charge in [0, 0.05) is 54.7 Å². The maximum absolute atomic E-state index is 11.2. The summed E-state index contributed by atoms with van der Waals surface area (Å²) < 4.78 is 1.88. The van der Waals surface area contributed by atoms with E-state index in [9.17, 15) is 9.90 Å². The van der Waals surface area contributed by atoms with Gasteiger partial charge >= 0.3 is 6.09 Å². The third-order valence-electron chi connectivity index (χ3n) is 6.72. The summed E-state index contributed by atoms with van der Waals surface area (Å²) in [6.07, 6.45) is 2.95. The number of hydrogen-bond donors (Lipinski definition) is 3. The van der Waals surface area contributed by atoms with Crippen LogP contribution in [0.2, 0.25) is 0 Å². The van der Waals surface area contributed by atoms with Gasteiger partial charge in [-0.3, -0.25) is 4.68 Å². The number of benzene rings is 1. The normalized spacial score (nSPS) is 22.7. The molecule has 162 valence electrons. The van der Waals surface area contributed by atoms with Gasteiger partial charge in [-0.15, -0.1) is 0 Å². The highest BCUT2D eigenvalue weighted by atomic mass is 16.4. The van der Waals surface area contributed by atoms with Crippen LogP contribution in [0, 0.1) is 25.7 Å². The molecule has 1 aliphatic carbocycles. The Labute approximate surface area is 180 Å². The van der Waals surface area contributed by atoms with Crippen molar-refractivity contribution < 1.29 is 9.90 Å². The summed E-state index contributed by atoms with van der Waals surface area (Å²) in [5, 5.41) is 21.8. The highest BCUT2D eigenvalue weighted by Crippen LogP contribution is 2.39. The molecule has 3 N–H and O–H groups in total. The van der Waals surface area contributed by atoms with Gasteiger partial charge in [0.25, 0.3) is 0 Å². The van der Waals surface area contributed by atoms with Gasteiger partial charge < -0.3 is 20.6 Å². The number of likely N-dealkylation sites (tertiary alicyclic amines) is 1. The molecule has 0 spiro atoms. The second kappa shape index (κ2) is 7.40. The summed E-state index contributed by atoms with van der Waals surface area (Å²) in [4.78, 5) is 21.9. The van der Waals surface area contributed by atoms with Gasteiger partial charge in [-0.1, -0.05) is 0 Å². The van der Waals surface area contributed by atoms with E-state index in [0.29, 0.717) is 36.9 Å². The van der Waals surface area contributed by atoms with Crippen LogP contribution in [0.3, 0.4) is 0 Å². The highest BCUT2D eigenvalue weighted by Gasteiger charge is 2.42. The number of fused-ring (bicyclic) bond motifs is 2. The van der Waals surface area contributed by atoms with E-state index in [4.69, 9.17) is 4.98 Å². The Hall–Kier alpha value is -3.36. The van der Waals surface area contributed by atoms with Gasteiger partial charge in [-0.2, -0.15) is 10.1 Å². The van der Waals surface area contributed by atoms with Crippen molar-refractivity contribution in [1.82, 2.24) is 24.6 Å². The SMILES string of the molecule is Cc1cnc(Nc2ccc3c(C)n(C)nc3c2)nc1NC1CC2CN(C(=O)O)CC2C1. The summed E-state index contributed by atoms with van der Waals surface area (Å²) in [5.41, 5.74) is 3.95. The summed E-state index contributed by atoms with van der Waals surface area (Å²) in [5.74, 6) is 2.23. The molecule has 2 unspecified atom stereocenters. The van der Waals surface area contributed by atoms with Crippen LogP contribution in [0.25, 0.3) is 10.9 Å². The van der Waals surface area contributed by atoms with Gasteiger partial charge in [0.15, 0.2) is 0 Å². The molecule has 5 rings (SSSR count). The lowest BCUT2D eigenvalue weighted by Crippen LogP contribution is -2.29. The first-order valence-electron chi connectivity index (χ1n) is 10.7. The number of aryl methyl sites for hydroxylation is 3. The highest BCUT2D eigenvalue weighted by molar-refractivity contribution is 5.85. The average molecular weight is 422 g/mol. The van der Waals surface area contributed by atoms with E-state index >= 15 is 0 Å². The average Bonchev–Trinajstić information content (AvgIpc) is 3.36. The van der Waals surface area contributed by atoms with Crippen molar-refractivity contribution in [1.29, 1.82) is 0 Å². The fourth-order valence-corrected chi connectivity index (χ4v) is 4.95. The molecule has 3 heterocycles. The molecule has 2 aromatic heterocycles. The van der Waals surface area contributed by atoms with Gasteiger partial charge in [-0.25, -0.2) is 9.78 Å². The first-order valence-corrected chi connectivity index (χ1v) is 10.7. The van der Waals surface area contributed by atoms with Crippen molar-refractivity contribution in [3.05, 3.63) is 35.7 Å². The number of aromatic nitrogens is 4. The van der Waals surface area contributed by atoms with E-state index in [1.165, 1.54) is 0 Å². The second-order valence-corrected chi connectivity index (χ2v) is 8.81. The lowest BCUT2D eigenvalue weighted by Gasteiger charge is -2.19. The zero-order chi connectivity index (χ0) is 21.7. The maximum Gasteiger partial charge on any atom is 0.407 e. The zero-order valence-corrected chi connectivity index (χ0v) is 18.0. The molecule has 0 radical (unpaired) electrons. The Kier molecular flexibility index (Phi) is 4.68. The van der Waals surface area contributed by atoms with Gasteiger partial charge in [0.1, 0.15) is 5.82 Å². The second-order valence-electron chi connectivity index (χ2n) is 8.81. The molecule has 31 heavy (non-hydrogen) atoms. The zero-order valence-electron chi connectivity index (χ0n) is 18.0. The number of carbonyl (C=O) groups is 1. The summed E-state index contributed by atoms with van der Waals surface area (Å²) >= 11 is 0. The predicted molar refractivity (Wildman–Crippen MR) is 119 cm³/mol. The molecule has 0 bridgehead atoms. The fraction of sp³-hybridized carbons (Fsp3) is 0.455. The maximum atomic E-state index is 11.2. The Bertz CT molecular complexity index is 1140. The van der Waals surface area contributed by atoms with Crippen LogP contribution in [-0.4, -0.2) is 55.0 Å². The molecule has 1 saturated heterocycles. The van der Waals surface area contributed by atoms with Crippen LogP contribution in [0.1, 0.15) is 24.1 Å². The van der Waals surface area contributed by atoms with Crippen LogP contribution in [-0.2, 0) is 7.05 Å². The quantitative estimate of drug-likeness (QED) is 0.591. The van der Waals surface area contributed by atoms with E-state index in [1.807, 2.05) is 37.0 Å². The number of hydrogen-bond acceptors (Lipinski definition) is 6. The molecule has 1 amide bonds. The van der Waals surface area contributed by atoms with E-state index in [-0.39, 0.29) is 0 Å². The van der Waals surface area contributed by atoms with E-state index in [2.05, 4.69) is 33.7 Å². The minimum atomic E-state index is -0.805. The fourth-order valence-electron chi connectivity index (χ4n) is 4.95. The molecular weight excluding hydrogens is 394 g/mol. The first kappa shape index (κ1) is 19.6. The molecule has 2 atom stereocenters. The van der Waals surface area contributed by atoms with Crippen molar-refractivity contribution >= 4 is 34.4 Å². The topological polar surface area (TPSA) is 108 Å². The Morgan fingerprint density at radius 1 is 1.19 bits per heavy atom. The minimum absolute atomic E-state index is 0.306. The van der Waals surface area contributed by atoms with Crippen LogP contribution in [0.5, 0.6) is 0 Å². The van der Waals surface area contributed by atoms with E-state index in [1.54, 1.807) is 4.90 Å². The first-order chi connectivity index (χ1) is 14.9. The van der Waals surface area contributed by atoms with Crippen molar-refractivity contribution in [3.63, 3.8) is 0 Å². The van der Waals surface area contributed by atoms with Crippen LogP contribution in [0.15, 0.2) is 24.4 Å². The lowest BCUT2D eigenvalue weighted by atomic mass is 10.0. The van der Waals surface area contributed by atoms with Crippen molar-refractivity contribution in [2.75, 3.05) is 23.7 Å². The number of carboxylic acid groups (broad SMARTS) is 1. The third kappa shape index (κ3) is 3.64. The standard InChI is InChI=1S/C22H27N7O2/c1-12-9-23-21(25-16-4-5-18-13(2)28(3)27-19(18)8-16)26-20(12)24-17-6-14-10-29(22(30)31)11-15(14)7-17/h4-5,8-9,14-15,17H,6-7,10-11H2,1-3H3,(H,30,31)(H2,23,24,25,26). The van der Waals surface area contributed by atoms with Crippen molar-refractivity contribution in [3.8, 4) is 0 Å².